The molecule has 0 fully saturated rings. The number of anilines is 1. The molecule has 0 bridgehead atoms. The van der Waals surface area contributed by atoms with Crippen LogP contribution in [0.1, 0.15) is 11.1 Å². The molecule has 0 saturated carbocycles. The van der Waals surface area contributed by atoms with E-state index in [1.807, 2.05) is 42.3 Å². The standard InChI is InChI=1S/C14H15Cl2N3/c1-19(9-10-3-2-4-12(15)5-10)14-13(16)6-11(7-17)8-18-14/h2-6,8H,7,9,17H2,1H3. The lowest BCUT2D eigenvalue weighted by atomic mass is 10.2. The van der Waals surface area contributed by atoms with E-state index in [1.54, 1.807) is 6.20 Å². The third kappa shape index (κ3) is 3.60. The molecule has 0 aliphatic carbocycles. The summed E-state index contributed by atoms with van der Waals surface area (Å²) in [6, 6.07) is 9.58. The van der Waals surface area contributed by atoms with Crippen molar-refractivity contribution in [2.75, 3.05) is 11.9 Å². The van der Waals surface area contributed by atoms with Crippen LogP contribution in [0.5, 0.6) is 0 Å². The van der Waals surface area contributed by atoms with Gasteiger partial charge in [-0.25, -0.2) is 4.98 Å². The molecule has 2 rings (SSSR count). The number of nitrogens with zero attached hydrogens (tertiary/aromatic N) is 2. The van der Waals surface area contributed by atoms with Crippen molar-refractivity contribution in [3.8, 4) is 0 Å². The molecular formula is C14H15Cl2N3. The van der Waals surface area contributed by atoms with E-state index >= 15 is 0 Å². The first-order valence-electron chi connectivity index (χ1n) is 5.90. The number of benzene rings is 1. The third-order valence-corrected chi connectivity index (χ3v) is 3.30. The van der Waals surface area contributed by atoms with Crippen LogP contribution in [0.15, 0.2) is 36.5 Å². The molecule has 2 N–H and O–H groups in total. The zero-order chi connectivity index (χ0) is 13.8. The van der Waals surface area contributed by atoms with Crippen LogP contribution in [0.4, 0.5) is 5.82 Å². The summed E-state index contributed by atoms with van der Waals surface area (Å²) in [6.07, 6.45) is 1.75. The fraction of sp³-hybridized carbons (Fsp3) is 0.214. The normalized spacial score (nSPS) is 10.5. The minimum atomic E-state index is 0.436. The molecule has 2 aromatic rings. The zero-order valence-electron chi connectivity index (χ0n) is 10.6. The maximum Gasteiger partial charge on any atom is 0.147 e. The van der Waals surface area contributed by atoms with Crippen LogP contribution in [0.25, 0.3) is 0 Å². The number of aromatic nitrogens is 1. The SMILES string of the molecule is CN(Cc1cccc(Cl)c1)c1ncc(CN)cc1Cl. The van der Waals surface area contributed by atoms with Crippen LogP contribution < -0.4 is 10.6 Å². The molecule has 0 unspecified atom stereocenters. The van der Waals surface area contributed by atoms with Crippen LogP contribution >= 0.6 is 23.2 Å². The summed E-state index contributed by atoms with van der Waals surface area (Å²) < 4.78 is 0. The topological polar surface area (TPSA) is 42.2 Å². The van der Waals surface area contributed by atoms with Gasteiger partial charge < -0.3 is 10.6 Å². The molecule has 0 spiro atoms. The Labute approximate surface area is 123 Å². The second-order valence-corrected chi connectivity index (χ2v) is 5.18. The number of pyridine rings is 1. The molecule has 1 aromatic heterocycles. The Kier molecular flexibility index (Phi) is 4.64. The molecule has 100 valence electrons. The molecule has 1 heterocycles. The van der Waals surface area contributed by atoms with Crippen molar-refractivity contribution in [3.63, 3.8) is 0 Å². The van der Waals surface area contributed by atoms with Crippen molar-refractivity contribution in [2.45, 2.75) is 13.1 Å². The van der Waals surface area contributed by atoms with Gasteiger partial charge in [0.2, 0.25) is 0 Å². The molecule has 0 saturated heterocycles. The Morgan fingerprint density at radius 1 is 1.21 bits per heavy atom. The van der Waals surface area contributed by atoms with Crippen molar-refractivity contribution in [2.24, 2.45) is 5.73 Å². The van der Waals surface area contributed by atoms with Gasteiger partial charge in [-0.05, 0) is 29.3 Å². The highest BCUT2D eigenvalue weighted by Crippen LogP contribution is 2.24. The van der Waals surface area contributed by atoms with Crippen molar-refractivity contribution in [3.05, 3.63) is 57.7 Å². The largest absolute Gasteiger partial charge is 0.354 e. The molecule has 0 aliphatic rings. The molecule has 5 heteroatoms. The smallest absolute Gasteiger partial charge is 0.147 e. The van der Waals surface area contributed by atoms with Gasteiger partial charge in [-0.1, -0.05) is 35.3 Å². The monoisotopic (exact) mass is 295 g/mol. The summed E-state index contributed by atoms with van der Waals surface area (Å²) in [6.45, 7) is 1.13. The number of hydrogen-bond donors (Lipinski definition) is 1. The predicted molar refractivity (Wildman–Crippen MR) is 80.7 cm³/mol. The van der Waals surface area contributed by atoms with E-state index in [2.05, 4.69) is 4.98 Å². The van der Waals surface area contributed by atoms with Gasteiger partial charge in [-0.2, -0.15) is 0 Å². The average molecular weight is 296 g/mol. The summed E-state index contributed by atoms with van der Waals surface area (Å²) in [5, 5.41) is 1.33. The van der Waals surface area contributed by atoms with E-state index in [9.17, 15) is 0 Å². The molecule has 3 nitrogen and oxygen atoms in total. The maximum atomic E-state index is 6.21. The highest BCUT2D eigenvalue weighted by atomic mass is 35.5. The molecule has 0 aliphatic heterocycles. The summed E-state index contributed by atoms with van der Waals surface area (Å²) in [5.74, 6) is 0.735. The van der Waals surface area contributed by atoms with Gasteiger partial charge in [0.25, 0.3) is 0 Å². The number of halogens is 2. The van der Waals surface area contributed by atoms with Gasteiger partial charge in [0, 0.05) is 31.4 Å². The summed E-state index contributed by atoms with van der Waals surface area (Å²) >= 11 is 12.2. The lowest BCUT2D eigenvalue weighted by molar-refractivity contribution is 0.893. The summed E-state index contributed by atoms with van der Waals surface area (Å²) in [5.41, 5.74) is 7.59. The lowest BCUT2D eigenvalue weighted by Crippen LogP contribution is -2.18. The van der Waals surface area contributed by atoms with E-state index in [1.165, 1.54) is 0 Å². The van der Waals surface area contributed by atoms with Crippen LogP contribution in [0, 0.1) is 0 Å². The van der Waals surface area contributed by atoms with E-state index in [4.69, 9.17) is 28.9 Å². The number of rotatable bonds is 4. The van der Waals surface area contributed by atoms with Gasteiger partial charge >= 0.3 is 0 Å². The van der Waals surface area contributed by atoms with Gasteiger partial charge in [0.15, 0.2) is 0 Å². The summed E-state index contributed by atoms with van der Waals surface area (Å²) in [7, 11) is 1.94. The molecule has 0 radical (unpaired) electrons. The molecule has 0 amide bonds. The highest BCUT2D eigenvalue weighted by Gasteiger charge is 2.09. The molecule has 1 aromatic carbocycles. The van der Waals surface area contributed by atoms with Crippen LogP contribution in [-0.4, -0.2) is 12.0 Å². The fourth-order valence-corrected chi connectivity index (χ4v) is 2.39. The van der Waals surface area contributed by atoms with Gasteiger partial charge in [0.1, 0.15) is 5.82 Å². The van der Waals surface area contributed by atoms with E-state index in [0.29, 0.717) is 18.1 Å². The van der Waals surface area contributed by atoms with Crippen molar-refractivity contribution in [1.82, 2.24) is 4.98 Å². The maximum absolute atomic E-state index is 6.21. The minimum absolute atomic E-state index is 0.436. The first-order valence-corrected chi connectivity index (χ1v) is 6.66. The Morgan fingerprint density at radius 2 is 2.00 bits per heavy atom. The van der Waals surface area contributed by atoms with Crippen molar-refractivity contribution < 1.29 is 0 Å². The van der Waals surface area contributed by atoms with E-state index < -0.39 is 0 Å². The van der Waals surface area contributed by atoms with Crippen LogP contribution in [0.3, 0.4) is 0 Å². The van der Waals surface area contributed by atoms with Gasteiger partial charge in [-0.15, -0.1) is 0 Å². The Balaban J connectivity index is 2.18. The van der Waals surface area contributed by atoms with Crippen LogP contribution in [0.2, 0.25) is 10.0 Å². The zero-order valence-corrected chi connectivity index (χ0v) is 12.1. The first-order chi connectivity index (χ1) is 9.10. The highest BCUT2D eigenvalue weighted by molar-refractivity contribution is 6.33. The molecule has 0 atom stereocenters. The van der Waals surface area contributed by atoms with E-state index in [0.717, 1.165) is 22.0 Å². The number of hydrogen-bond acceptors (Lipinski definition) is 3. The van der Waals surface area contributed by atoms with E-state index in [-0.39, 0.29) is 0 Å². The summed E-state index contributed by atoms with van der Waals surface area (Å²) in [4.78, 5) is 6.33. The minimum Gasteiger partial charge on any atom is -0.354 e. The Hall–Kier alpha value is -1.29. The van der Waals surface area contributed by atoms with Crippen molar-refractivity contribution >= 4 is 29.0 Å². The average Bonchev–Trinajstić information content (AvgIpc) is 2.38. The van der Waals surface area contributed by atoms with Gasteiger partial charge in [0.05, 0.1) is 5.02 Å². The first kappa shape index (κ1) is 14.1. The fourth-order valence-electron chi connectivity index (χ4n) is 1.85. The Morgan fingerprint density at radius 3 is 2.63 bits per heavy atom. The lowest BCUT2D eigenvalue weighted by Gasteiger charge is -2.20. The second kappa shape index (κ2) is 6.24. The number of nitrogens with two attached hydrogens (primary N) is 1. The van der Waals surface area contributed by atoms with Crippen LogP contribution in [-0.2, 0) is 13.1 Å². The van der Waals surface area contributed by atoms with Crippen molar-refractivity contribution in [1.29, 1.82) is 0 Å². The molecular weight excluding hydrogens is 281 g/mol. The Bertz CT molecular complexity index is 572. The third-order valence-electron chi connectivity index (χ3n) is 2.78. The molecule has 19 heavy (non-hydrogen) atoms. The van der Waals surface area contributed by atoms with Gasteiger partial charge in [-0.3, -0.25) is 0 Å². The predicted octanol–water partition coefficient (Wildman–Crippen LogP) is 3.48. The second-order valence-electron chi connectivity index (χ2n) is 4.34. The quantitative estimate of drug-likeness (QED) is 0.939.